The molecule has 1 rings (SSSR count). The molecule has 0 bridgehead atoms. The number of carboxylic acids is 1. The first-order valence-electron chi connectivity index (χ1n) is 7.04. The molecule has 1 aromatic rings. The van der Waals surface area contributed by atoms with Gasteiger partial charge in [0.05, 0.1) is 6.42 Å². The lowest BCUT2D eigenvalue weighted by atomic mass is 9.85. The number of hydrogen-bond acceptors (Lipinski definition) is 3. The molecule has 0 aliphatic rings. The minimum atomic E-state index is -0.898. The van der Waals surface area contributed by atoms with Gasteiger partial charge in [0, 0.05) is 22.6 Å². The van der Waals surface area contributed by atoms with E-state index in [9.17, 15) is 9.59 Å². The average molecular weight is 309 g/mol. The molecule has 0 aliphatic heterocycles. The minimum absolute atomic E-state index is 0.0549. The van der Waals surface area contributed by atoms with E-state index in [0.29, 0.717) is 12.2 Å². The van der Waals surface area contributed by atoms with Crippen LogP contribution in [0.5, 0.6) is 0 Å². The third-order valence-electron chi connectivity index (χ3n) is 3.56. The molecule has 21 heavy (non-hydrogen) atoms. The van der Waals surface area contributed by atoms with E-state index in [-0.39, 0.29) is 18.2 Å². The number of hydrogen-bond donors (Lipinski definition) is 2. The Morgan fingerprint density at radius 2 is 1.90 bits per heavy atom. The lowest BCUT2D eigenvalue weighted by Gasteiger charge is -2.33. The minimum Gasteiger partial charge on any atom is -0.481 e. The van der Waals surface area contributed by atoms with Crippen molar-refractivity contribution in [2.75, 3.05) is 5.75 Å². The molecule has 5 heteroatoms. The van der Waals surface area contributed by atoms with Crippen molar-refractivity contribution in [1.29, 1.82) is 0 Å². The molecule has 1 unspecified atom stereocenters. The Bertz CT molecular complexity index is 476. The van der Waals surface area contributed by atoms with Gasteiger partial charge in [0.2, 0.25) is 5.91 Å². The van der Waals surface area contributed by atoms with E-state index in [1.54, 1.807) is 18.7 Å². The van der Waals surface area contributed by atoms with Gasteiger partial charge >= 0.3 is 5.97 Å². The SMILES string of the molecule is CC(C)C(C)(CC(=O)O)NC(=O)CCSc1ccccc1. The van der Waals surface area contributed by atoms with E-state index in [0.717, 1.165) is 4.90 Å². The van der Waals surface area contributed by atoms with Gasteiger partial charge in [0.15, 0.2) is 0 Å². The predicted octanol–water partition coefficient (Wildman–Crippen LogP) is 3.17. The standard InChI is InChI=1S/C16H23NO3S/c1-12(2)16(3,11-15(19)20)17-14(18)9-10-21-13-7-5-4-6-8-13/h4-8,12H,9-11H2,1-3H3,(H,17,18)(H,19,20). The predicted molar refractivity (Wildman–Crippen MR) is 85.4 cm³/mol. The van der Waals surface area contributed by atoms with E-state index in [4.69, 9.17) is 5.11 Å². The normalized spacial score (nSPS) is 13.7. The first-order valence-corrected chi connectivity index (χ1v) is 8.02. The summed E-state index contributed by atoms with van der Waals surface area (Å²) < 4.78 is 0. The molecule has 0 spiro atoms. The molecular formula is C16H23NO3S. The first-order chi connectivity index (χ1) is 9.83. The molecule has 0 aromatic heterocycles. The van der Waals surface area contributed by atoms with Crippen LogP contribution in [0.25, 0.3) is 0 Å². The van der Waals surface area contributed by atoms with Crippen molar-refractivity contribution in [3.63, 3.8) is 0 Å². The van der Waals surface area contributed by atoms with Crippen molar-refractivity contribution in [1.82, 2.24) is 5.32 Å². The van der Waals surface area contributed by atoms with Crippen LogP contribution in [0, 0.1) is 5.92 Å². The van der Waals surface area contributed by atoms with Crippen LogP contribution in [-0.2, 0) is 9.59 Å². The smallest absolute Gasteiger partial charge is 0.305 e. The number of thioether (sulfide) groups is 1. The van der Waals surface area contributed by atoms with E-state index >= 15 is 0 Å². The zero-order valence-electron chi connectivity index (χ0n) is 12.8. The van der Waals surface area contributed by atoms with Crippen LogP contribution in [0.15, 0.2) is 35.2 Å². The van der Waals surface area contributed by atoms with Gasteiger partial charge in [-0.2, -0.15) is 0 Å². The first kappa shape index (κ1) is 17.6. The number of nitrogens with one attached hydrogen (secondary N) is 1. The number of aliphatic carboxylic acids is 1. The lowest BCUT2D eigenvalue weighted by molar-refractivity contribution is -0.139. The molecule has 1 amide bonds. The number of rotatable bonds is 8. The Morgan fingerprint density at radius 3 is 2.43 bits per heavy atom. The summed E-state index contributed by atoms with van der Waals surface area (Å²) in [6.07, 6.45) is 0.309. The number of carboxylic acid groups (broad SMARTS) is 1. The van der Waals surface area contributed by atoms with Gasteiger partial charge in [-0.3, -0.25) is 9.59 Å². The van der Waals surface area contributed by atoms with E-state index in [1.165, 1.54) is 0 Å². The summed E-state index contributed by atoms with van der Waals surface area (Å²) in [5.41, 5.74) is -0.708. The van der Waals surface area contributed by atoms with Crippen LogP contribution in [0.1, 0.15) is 33.6 Å². The van der Waals surface area contributed by atoms with Gasteiger partial charge in [0.25, 0.3) is 0 Å². The number of carbonyl (C=O) groups excluding carboxylic acids is 1. The highest BCUT2D eigenvalue weighted by Gasteiger charge is 2.32. The quantitative estimate of drug-likeness (QED) is 0.724. The topological polar surface area (TPSA) is 66.4 Å². The fraction of sp³-hybridized carbons (Fsp3) is 0.500. The Labute approximate surface area is 130 Å². The summed E-state index contributed by atoms with van der Waals surface area (Å²) in [6, 6.07) is 9.89. The molecule has 0 aliphatic carbocycles. The Balaban J connectivity index is 2.45. The number of carbonyl (C=O) groups is 2. The number of amides is 1. The second kappa shape index (κ2) is 8.08. The van der Waals surface area contributed by atoms with Gasteiger partial charge in [-0.25, -0.2) is 0 Å². The van der Waals surface area contributed by atoms with Crippen LogP contribution in [-0.4, -0.2) is 28.3 Å². The highest BCUT2D eigenvalue weighted by molar-refractivity contribution is 7.99. The van der Waals surface area contributed by atoms with Gasteiger partial charge < -0.3 is 10.4 Å². The molecule has 2 N–H and O–H groups in total. The summed E-state index contributed by atoms with van der Waals surface area (Å²) in [7, 11) is 0. The molecule has 0 saturated heterocycles. The molecule has 0 radical (unpaired) electrons. The monoisotopic (exact) mass is 309 g/mol. The molecule has 1 atom stereocenters. The van der Waals surface area contributed by atoms with E-state index in [2.05, 4.69) is 5.32 Å². The van der Waals surface area contributed by atoms with Crippen molar-refractivity contribution in [3.05, 3.63) is 30.3 Å². The van der Waals surface area contributed by atoms with E-state index in [1.807, 2.05) is 44.2 Å². The third-order valence-corrected chi connectivity index (χ3v) is 4.57. The molecule has 1 aromatic carbocycles. The molecule has 0 saturated carbocycles. The van der Waals surface area contributed by atoms with Crippen molar-refractivity contribution >= 4 is 23.6 Å². The van der Waals surface area contributed by atoms with Crippen LogP contribution in [0.2, 0.25) is 0 Å². The summed E-state index contributed by atoms with van der Waals surface area (Å²) in [5.74, 6) is -0.266. The summed E-state index contributed by atoms with van der Waals surface area (Å²) in [5, 5.41) is 11.9. The highest BCUT2D eigenvalue weighted by Crippen LogP contribution is 2.22. The lowest BCUT2D eigenvalue weighted by Crippen LogP contribution is -2.51. The van der Waals surface area contributed by atoms with Gasteiger partial charge in [0.1, 0.15) is 0 Å². The maximum Gasteiger partial charge on any atom is 0.305 e. The summed E-state index contributed by atoms with van der Waals surface area (Å²) >= 11 is 1.62. The highest BCUT2D eigenvalue weighted by atomic mass is 32.2. The van der Waals surface area contributed by atoms with Crippen molar-refractivity contribution in [3.8, 4) is 0 Å². The second-order valence-corrected chi connectivity index (χ2v) is 6.77. The van der Waals surface area contributed by atoms with Crippen LogP contribution < -0.4 is 5.32 Å². The largest absolute Gasteiger partial charge is 0.481 e. The molecule has 4 nitrogen and oxygen atoms in total. The van der Waals surface area contributed by atoms with Crippen LogP contribution >= 0.6 is 11.8 Å². The molecule has 0 fully saturated rings. The van der Waals surface area contributed by atoms with Crippen molar-refractivity contribution < 1.29 is 14.7 Å². The van der Waals surface area contributed by atoms with Crippen LogP contribution in [0.4, 0.5) is 0 Å². The molecule has 116 valence electrons. The Hall–Kier alpha value is -1.49. The summed E-state index contributed by atoms with van der Waals surface area (Å²) in [4.78, 5) is 24.1. The van der Waals surface area contributed by atoms with Gasteiger partial charge in [-0.1, -0.05) is 32.0 Å². The van der Waals surface area contributed by atoms with Gasteiger partial charge in [-0.05, 0) is 25.0 Å². The van der Waals surface area contributed by atoms with Gasteiger partial charge in [-0.15, -0.1) is 11.8 Å². The zero-order valence-corrected chi connectivity index (χ0v) is 13.6. The average Bonchev–Trinajstić information content (AvgIpc) is 2.38. The van der Waals surface area contributed by atoms with Crippen LogP contribution in [0.3, 0.4) is 0 Å². The van der Waals surface area contributed by atoms with Crippen molar-refractivity contribution in [2.24, 2.45) is 5.92 Å². The summed E-state index contributed by atoms with van der Waals surface area (Å²) in [6.45, 7) is 5.62. The molecule has 0 heterocycles. The fourth-order valence-corrected chi connectivity index (χ4v) is 2.74. The molecular weight excluding hydrogens is 286 g/mol. The Kier molecular flexibility index (Phi) is 6.75. The van der Waals surface area contributed by atoms with Crippen molar-refractivity contribution in [2.45, 2.75) is 44.0 Å². The zero-order chi connectivity index (χ0) is 15.9. The number of benzene rings is 1. The second-order valence-electron chi connectivity index (χ2n) is 5.60. The fourth-order valence-electron chi connectivity index (χ4n) is 1.87. The maximum atomic E-state index is 12.0. The maximum absolute atomic E-state index is 12.0. The van der Waals surface area contributed by atoms with E-state index < -0.39 is 11.5 Å². The Morgan fingerprint density at radius 1 is 1.29 bits per heavy atom. The third kappa shape index (κ3) is 6.21.